The van der Waals surface area contributed by atoms with Gasteiger partial charge in [0, 0.05) is 24.7 Å². The van der Waals surface area contributed by atoms with Gasteiger partial charge in [0.15, 0.2) is 9.84 Å². The number of benzene rings is 3. The lowest BCUT2D eigenvalue weighted by Gasteiger charge is -2.17. The maximum Gasteiger partial charge on any atom is 0.322 e. The fourth-order valence-corrected chi connectivity index (χ4v) is 5.46. The summed E-state index contributed by atoms with van der Waals surface area (Å²) in [4.78, 5) is 12.9. The van der Waals surface area contributed by atoms with Gasteiger partial charge in [-0.05, 0) is 54.1 Å². The van der Waals surface area contributed by atoms with E-state index in [1.54, 1.807) is 6.92 Å². The van der Waals surface area contributed by atoms with Crippen molar-refractivity contribution in [2.24, 2.45) is 0 Å². The Morgan fingerprint density at radius 1 is 0.865 bits per heavy atom. The molecule has 0 radical (unpaired) electrons. The molecule has 4 aromatic rings. The van der Waals surface area contributed by atoms with E-state index in [1.165, 1.54) is 59.9 Å². The smallest absolute Gasteiger partial charge is 0.322 e. The first-order valence-corrected chi connectivity index (χ1v) is 14.3. The van der Waals surface area contributed by atoms with Crippen LogP contribution in [-0.2, 0) is 26.4 Å². The van der Waals surface area contributed by atoms with Crippen LogP contribution in [0.2, 0.25) is 0 Å². The van der Waals surface area contributed by atoms with Gasteiger partial charge in [-0.2, -0.15) is 4.31 Å². The minimum Gasteiger partial charge on any atom is -0.403 e. The third kappa shape index (κ3) is 5.93. The predicted molar refractivity (Wildman–Crippen MR) is 137 cm³/mol. The number of carbonyl (C=O) groups excluding carboxylic acids is 1. The number of aromatic nitrogens is 2. The van der Waals surface area contributed by atoms with E-state index in [1.807, 2.05) is 30.3 Å². The summed E-state index contributed by atoms with van der Waals surface area (Å²) >= 11 is 0. The highest BCUT2D eigenvalue weighted by Gasteiger charge is 2.22. The van der Waals surface area contributed by atoms with Gasteiger partial charge in [0.05, 0.1) is 15.5 Å². The Kier molecular flexibility index (Phi) is 7.52. The average molecular weight is 541 g/mol. The number of anilines is 1. The largest absolute Gasteiger partial charge is 0.403 e. The second-order valence-corrected chi connectivity index (χ2v) is 12.4. The first-order valence-electron chi connectivity index (χ1n) is 11.2. The molecule has 0 fully saturated rings. The normalized spacial score (nSPS) is 12.0. The van der Waals surface area contributed by atoms with E-state index in [4.69, 9.17) is 4.42 Å². The van der Waals surface area contributed by atoms with E-state index in [0.717, 1.165) is 5.56 Å². The van der Waals surface area contributed by atoms with Gasteiger partial charge in [0.25, 0.3) is 5.91 Å². The van der Waals surface area contributed by atoms with Crippen LogP contribution in [0.25, 0.3) is 11.5 Å². The fourth-order valence-electron chi connectivity index (χ4n) is 3.41. The Morgan fingerprint density at radius 3 is 2.11 bits per heavy atom. The van der Waals surface area contributed by atoms with Gasteiger partial charge >= 0.3 is 6.01 Å². The molecular formula is C25H24N4O6S2. The molecule has 1 amide bonds. The van der Waals surface area contributed by atoms with Crippen LogP contribution < -0.4 is 5.32 Å². The minimum absolute atomic E-state index is 0.0135. The van der Waals surface area contributed by atoms with Gasteiger partial charge < -0.3 is 4.42 Å². The Morgan fingerprint density at radius 2 is 1.49 bits per heavy atom. The van der Waals surface area contributed by atoms with Crippen LogP contribution in [-0.4, -0.2) is 50.0 Å². The Balaban J connectivity index is 1.42. The average Bonchev–Trinajstić information content (AvgIpc) is 3.37. The molecule has 0 aliphatic carbocycles. The number of nitrogens with one attached hydrogen (secondary N) is 1. The molecule has 37 heavy (non-hydrogen) atoms. The van der Waals surface area contributed by atoms with Crippen molar-refractivity contribution in [2.45, 2.75) is 23.3 Å². The van der Waals surface area contributed by atoms with E-state index >= 15 is 0 Å². The van der Waals surface area contributed by atoms with Crippen molar-refractivity contribution in [2.75, 3.05) is 18.1 Å². The zero-order valence-electron chi connectivity index (χ0n) is 20.0. The zero-order chi connectivity index (χ0) is 26.6. The van der Waals surface area contributed by atoms with Crippen molar-refractivity contribution >= 4 is 31.8 Å². The molecule has 0 spiro atoms. The predicted octanol–water partition coefficient (Wildman–Crippen LogP) is 3.60. The molecule has 1 N–H and O–H groups in total. The van der Waals surface area contributed by atoms with E-state index in [9.17, 15) is 21.6 Å². The molecule has 10 nitrogen and oxygen atoms in total. The summed E-state index contributed by atoms with van der Waals surface area (Å²) in [5.41, 5.74) is 1.53. The van der Waals surface area contributed by atoms with Gasteiger partial charge in [0.1, 0.15) is 0 Å². The highest BCUT2D eigenvalue weighted by atomic mass is 32.2. The lowest BCUT2D eigenvalue weighted by Crippen LogP contribution is -2.26. The second kappa shape index (κ2) is 10.6. The van der Waals surface area contributed by atoms with Crippen molar-refractivity contribution in [1.82, 2.24) is 14.5 Å². The molecule has 0 aliphatic rings. The van der Waals surface area contributed by atoms with Crippen molar-refractivity contribution in [3.8, 4) is 11.5 Å². The van der Waals surface area contributed by atoms with Crippen LogP contribution >= 0.6 is 0 Å². The van der Waals surface area contributed by atoms with E-state index in [-0.39, 0.29) is 39.6 Å². The number of hydrogen-bond acceptors (Lipinski definition) is 8. The molecule has 0 atom stereocenters. The number of sulfonamides is 1. The van der Waals surface area contributed by atoms with Crippen molar-refractivity contribution in [3.63, 3.8) is 0 Å². The number of carbonyl (C=O) groups is 1. The zero-order valence-corrected chi connectivity index (χ0v) is 21.7. The highest BCUT2D eigenvalue weighted by molar-refractivity contribution is 7.91. The molecule has 12 heteroatoms. The van der Waals surface area contributed by atoms with Crippen molar-refractivity contribution < 1.29 is 26.0 Å². The van der Waals surface area contributed by atoms with Gasteiger partial charge in [-0.25, -0.2) is 16.8 Å². The lowest BCUT2D eigenvalue weighted by atomic mass is 10.2. The number of hydrogen-bond donors (Lipinski definition) is 1. The molecule has 1 aromatic heterocycles. The molecule has 0 saturated carbocycles. The monoisotopic (exact) mass is 540 g/mol. The SMILES string of the molecule is CCS(=O)(=O)c1ccc(-c2nnc(NC(=O)c3ccc(S(=O)(=O)N(C)Cc4ccccc4)cc3)o2)cc1. The number of sulfone groups is 1. The molecule has 0 unspecified atom stereocenters. The number of amides is 1. The Bertz CT molecular complexity index is 1600. The number of nitrogens with zero attached hydrogens (tertiary/aromatic N) is 3. The van der Waals surface area contributed by atoms with E-state index < -0.39 is 25.8 Å². The summed E-state index contributed by atoms with van der Waals surface area (Å²) in [6.07, 6.45) is 0. The summed E-state index contributed by atoms with van der Waals surface area (Å²) < 4.78 is 56.4. The summed E-state index contributed by atoms with van der Waals surface area (Å²) in [5.74, 6) is -0.486. The maximum atomic E-state index is 12.9. The van der Waals surface area contributed by atoms with Gasteiger partial charge in [0.2, 0.25) is 15.9 Å². The minimum atomic E-state index is -3.76. The molecule has 0 bridgehead atoms. The van der Waals surface area contributed by atoms with Crippen LogP contribution in [0.4, 0.5) is 6.01 Å². The summed E-state index contributed by atoms with van der Waals surface area (Å²) in [7, 11) is -5.60. The fraction of sp³-hybridized carbons (Fsp3) is 0.160. The van der Waals surface area contributed by atoms with Gasteiger partial charge in [-0.15, -0.1) is 5.10 Å². The summed E-state index contributed by atoms with van der Waals surface area (Å²) in [6, 6.07) is 20.5. The quantitative estimate of drug-likeness (QED) is 0.340. The third-order valence-corrected chi connectivity index (χ3v) is 9.13. The lowest BCUT2D eigenvalue weighted by molar-refractivity contribution is 0.102. The summed E-state index contributed by atoms with van der Waals surface area (Å²) in [6.45, 7) is 1.77. The van der Waals surface area contributed by atoms with Crippen LogP contribution in [0, 0.1) is 0 Å². The summed E-state index contributed by atoms with van der Waals surface area (Å²) in [5, 5.41) is 10.1. The van der Waals surface area contributed by atoms with Crippen LogP contribution in [0.3, 0.4) is 0 Å². The molecule has 192 valence electrons. The maximum absolute atomic E-state index is 12.9. The van der Waals surface area contributed by atoms with E-state index in [0.29, 0.717) is 5.56 Å². The first-order chi connectivity index (χ1) is 17.6. The van der Waals surface area contributed by atoms with E-state index in [2.05, 4.69) is 15.5 Å². The van der Waals surface area contributed by atoms with Crippen LogP contribution in [0.15, 0.2) is 93.1 Å². The van der Waals surface area contributed by atoms with Gasteiger partial charge in [-0.3, -0.25) is 10.1 Å². The first kappa shape index (κ1) is 26.2. The topological polar surface area (TPSA) is 140 Å². The van der Waals surface area contributed by atoms with Crippen molar-refractivity contribution in [3.05, 3.63) is 90.0 Å². The van der Waals surface area contributed by atoms with Crippen LogP contribution in [0.1, 0.15) is 22.8 Å². The molecule has 1 heterocycles. The molecule has 3 aromatic carbocycles. The Hall–Kier alpha value is -3.87. The Labute approximate surface area is 214 Å². The highest BCUT2D eigenvalue weighted by Crippen LogP contribution is 2.23. The number of rotatable bonds is 9. The van der Waals surface area contributed by atoms with Gasteiger partial charge in [-0.1, -0.05) is 42.4 Å². The third-order valence-electron chi connectivity index (χ3n) is 5.56. The molecule has 4 rings (SSSR count). The molecular weight excluding hydrogens is 516 g/mol. The standard InChI is InChI=1S/C25H24N4O6S2/c1-3-36(31,32)21-13-11-20(12-14-21)24-27-28-25(35-24)26-23(30)19-9-15-22(16-10-19)37(33,34)29(2)17-18-7-5-4-6-8-18/h4-16H,3,17H2,1-2H3,(H,26,28,30). The second-order valence-electron chi connectivity index (χ2n) is 8.07. The van der Waals surface area contributed by atoms with Crippen LogP contribution in [0.5, 0.6) is 0 Å². The molecule has 0 aliphatic heterocycles. The molecule has 0 saturated heterocycles. The van der Waals surface area contributed by atoms with Crippen molar-refractivity contribution in [1.29, 1.82) is 0 Å².